The van der Waals surface area contributed by atoms with E-state index >= 15 is 0 Å². The van der Waals surface area contributed by atoms with Gasteiger partial charge in [0.05, 0.1) is 17.7 Å². The normalized spacial score (nSPS) is 15.7. The molecular weight excluding hydrogens is 532 g/mol. The van der Waals surface area contributed by atoms with Crippen molar-refractivity contribution in [3.63, 3.8) is 0 Å². The third kappa shape index (κ3) is 9.86. The number of aromatic hydroxyl groups is 1. The lowest BCUT2D eigenvalue weighted by molar-refractivity contribution is 0.102. The standard InChI is InChI=1S/C25H38N4O7S2/c1-3-4-15-38(34,35)27-20-5-7-21(8-6-20)29-13-11-19(12-14-29)26-17-22(30)18-36-23-9-10-25(31)24(16-23)28-37(2,32)33/h5-10,16,19,22,26-28,30-31H,3-4,11-15,17-18H2,1-2H3/t22-/m0/s1. The summed E-state index contributed by atoms with van der Waals surface area (Å²) >= 11 is 0. The van der Waals surface area contributed by atoms with Crippen LogP contribution in [-0.2, 0) is 20.0 Å². The molecule has 1 aliphatic heterocycles. The summed E-state index contributed by atoms with van der Waals surface area (Å²) in [5, 5.41) is 23.5. The van der Waals surface area contributed by atoms with Crippen LogP contribution in [0.2, 0.25) is 0 Å². The van der Waals surface area contributed by atoms with Crippen LogP contribution in [-0.4, -0.2) is 77.4 Å². The van der Waals surface area contributed by atoms with Crippen molar-refractivity contribution >= 4 is 37.1 Å². The van der Waals surface area contributed by atoms with Gasteiger partial charge in [-0.05, 0) is 55.7 Å². The number of aliphatic hydroxyl groups excluding tert-OH is 1. The second-order valence-corrected chi connectivity index (χ2v) is 13.1. The summed E-state index contributed by atoms with van der Waals surface area (Å²) in [6.07, 6.45) is 3.43. The molecule has 0 aromatic heterocycles. The van der Waals surface area contributed by atoms with Gasteiger partial charge in [0.1, 0.15) is 24.2 Å². The van der Waals surface area contributed by atoms with E-state index in [4.69, 9.17) is 4.74 Å². The first kappa shape index (κ1) is 29.8. The van der Waals surface area contributed by atoms with Crippen molar-refractivity contribution in [1.82, 2.24) is 5.32 Å². The van der Waals surface area contributed by atoms with Gasteiger partial charge in [0.2, 0.25) is 20.0 Å². The van der Waals surface area contributed by atoms with Gasteiger partial charge in [-0.2, -0.15) is 0 Å². The lowest BCUT2D eigenvalue weighted by Crippen LogP contribution is -2.45. The summed E-state index contributed by atoms with van der Waals surface area (Å²) in [5.74, 6) is 0.216. The summed E-state index contributed by atoms with van der Waals surface area (Å²) in [6.45, 7) is 3.96. The van der Waals surface area contributed by atoms with Crippen molar-refractivity contribution in [3.8, 4) is 11.5 Å². The second kappa shape index (κ2) is 13.4. The number of phenols is 1. The van der Waals surface area contributed by atoms with Gasteiger partial charge >= 0.3 is 0 Å². The minimum atomic E-state index is -3.56. The van der Waals surface area contributed by atoms with E-state index in [9.17, 15) is 27.0 Å². The smallest absolute Gasteiger partial charge is 0.232 e. The molecule has 0 amide bonds. The molecular formula is C25H38N4O7S2. The van der Waals surface area contributed by atoms with Crippen LogP contribution < -0.4 is 24.4 Å². The second-order valence-electron chi connectivity index (χ2n) is 9.51. The first-order chi connectivity index (χ1) is 17.9. The lowest BCUT2D eigenvalue weighted by Gasteiger charge is -2.34. The highest BCUT2D eigenvalue weighted by Gasteiger charge is 2.20. The lowest BCUT2D eigenvalue weighted by atomic mass is 10.0. The number of phenolic OH excluding ortho intramolecular Hbond substituents is 1. The maximum Gasteiger partial charge on any atom is 0.232 e. The summed E-state index contributed by atoms with van der Waals surface area (Å²) < 4.78 is 57.4. The number of hydrogen-bond acceptors (Lipinski definition) is 9. The van der Waals surface area contributed by atoms with E-state index in [0.717, 1.165) is 44.3 Å². The Morgan fingerprint density at radius 1 is 1.05 bits per heavy atom. The molecule has 11 nitrogen and oxygen atoms in total. The van der Waals surface area contributed by atoms with Crippen molar-refractivity contribution in [2.24, 2.45) is 0 Å². The maximum atomic E-state index is 12.1. The molecule has 212 valence electrons. The number of sulfonamides is 2. The number of nitrogens with zero attached hydrogens (tertiary/aromatic N) is 1. The maximum absolute atomic E-state index is 12.1. The van der Waals surface area contributed by atoms with E-state index in [-0.39, 0.29) is 29.8 Å². The summed E-state index contributed by atoms with van der Waals surface area (Å²) in [6, 6.07) is 11.8. The van der Waals surface area contributed by atoms with Crippen LogP contribution in [0.1, 0.15) is 32.6 Å². The minimum Gasteiger partial charge on any atom is -0.506 e. The SMILES string of the molecule is CCCCS(=O)(=O)Nc1ccc(N2CCC(NC[C@H](O)COc3ccc(O)c(NS(C)(=O)=O)c3)CC2)cc1. The van der Waals surface area contributed by atoms with Crippen LogP contribution >= 0.6 is 0 Å². The molecule has 13 heteroatoms. The van der Waals surface area contributed by atoms with E-state index in [2.05, 4.69) is 19.7 Å². The van der Waals surface area contributed by atoms with Crippen LogP contribution in [0.25, 0.3) is 0 Å². The number of nitrogens with one attached hydrogen (secondary N) is 3. The molecule has 3 rings (SSSR count). The van der Waals surface area contributed by atoms with Gasteiger partial charge in [-0.15, -0.1) is 0 Å². The monoisotopic (exact) mass is 570 g/mol. The van der Waals surface area contributed by atoms with Gasteiger partial charge < -0.3 is 25.2 Å². The number of aliphatic hydroxyl groups is 1. The van der Waals surface area contributed by atoms with Crippen LogP contribution in [0.4, 0.5) is 17.1 Å². The molecule has 0 aliphatic carbocycles. The third-order valence-corrected chi connectivity index (χ3v) is 8.08. The summed E-state index contributed by atoms with van der Waals surface area (Å²) in [5.41, 5.74) is 1.60. The highest BCUT2D eigenvalue weighted by molar-refractivity contribution is 7.92. The molecule has 1 saturated heterocycles. The molecule has 5 N–H and O–H groups in total. The topological polar surface area (TPSA) is 157 Å². The highest BCUT2D eigenvalue weighted by atomic mass is 32.2. The fourth-order valence-corrected chi connectivity index (χ4v) is 5.92. The number of hydrogen-bond donors (Lipinski definition) is 5. The molecule has 2 aromatic carbocycles. The number of anilines is 3. The van der Waals surface area contributed by atoms with E-state index in [0.29, 0.717) is 24.4 Å². The number of benzene rings is 2. The predicted octanol–water partition coefficient (Wildman–Crippen LogP) is 2.30. The zero-order valence-electron chi connectivity index (χ0n) is 21.8. The molecule has 0 bridgehead atoms. The minimum absolute atomic E-state index is 0.00346. The van der Waals surface area contributed by atoms with Crippen LogP contribution in [0.3, 0.4) is 0 Å². The largest absolute Gasteiger partial charge is 0.506 e. The molecule has 1 heterocycles. The average molecular weight is 571 g/mol. The van der Waals surface area contributed by atoms with Gasteiger partial charge in [0.15, 0.2) is 0 Å². The van der Waals surface area contributed by atoms with Crippen LogP contribution in [0, 0.1) is 0 Å². The molecule has 2 aromatic rings. The Hall–Kier alpha value is -2.74. The summed E-state index contributed by atoms with van der Waals surface area (Å²) in [4.78, 5) is 2.25. The fourth-order valence-electron chi connectivity index (χ4n) is 4.09. The van der Waals surface area contributed by atoms with Gasteiger partial charge in [-0.25, -0.2) is 16.8 Å². The van der Waals surface area contributed by atoms with Crippen molar-refractivity contribution < 1.29 is 31.8 Å². The first-order valence-electron chi connectivity index (χ1n) is 12.6. The van der Waals surface area contributed by atoms with Crippen LogP contribution in [0.5, 0.6) is 11.5 Å². The van der Waals surface area contributed by atoms with Gasteiger partial charge in [-0.1, -0.05) is 13.3 Å². The Kier molecular flexibility index (Phi) is 10.5. The number of unbranched alkanes of at least 4 members (excludes halogenated alkanes) is 1. The molecule has 1 fully saturated rings. The van der Waals surface area contributed by atoms with Crippen LogP contribution in [0.15, 0.2) is 42.5 Å². The predicted molar refractivity (Wildman–Crippen MR) is 150 cm³/mol. The Labute approximate surface area is 225 Å². The van der Waals surface area contributed by atoms with Gasteiger partial charge in [0.25, 0.3) is 0 Å². The number of rotatable bonds is 14. The number of piperidine rings is 1. The van der Waals surface area contributed by atoms with Gasteiger partial charge in [0, 0.05) is 43.1 Å². The highest BCUT2D eigenvalue weighted by Crippen LogP contribution is 2.29. The Balaban J connectivity index is 1.39. The summed E-state index contributed by atoms with van der Waals surface area (Å²) in [7, 11) is -6.88. The van der Waals surface area contributed by atoms with E-state index < -0.39 is 26.2 Å². The zero-order valence-corrected chi connectivity index (χ0v) is 23.4. The molecule has 0 spiro atoms. The van der Waals surface area contributed by atoms with Crippen molar-refractivity contribution in [2.45, 2.75) is 44.8 Å². The first-order valence-corrected chi connectivity index (χ1v) is 16.2. The van der Waals surface area contributed by atoms with Crippen molar-refractivity contribution in [2.75, 3.05) is 52.6 Å². The molecule has 0 saturated carbocycles. The van der Waals surface area contributed by atoms with Gasteiger partial charge in [-0.3, -0.25) is 9.44 Å². The Morgan fingerprint density at radius 3 is 2.37 bits per heavy atom. The molecule has 38 heavy (non-hydrogen) atoms. The Bertz CT molecular complexity index is 1250. The van der Waals surface area contributed by atoms with Crippen molar-refractivity contribution in [3.05, 3.63) is 42.5 Å². The molecule has 1 aliphatic rings. The van der Waals surface area contributed by atoms with Crippen molar-refractivity contribution in [1.29, 1.82) is 0 Å². The fraction of sp³-hybridized carbons (Fsp3) is 0.520. The molecule has 0 unspecified atom stereocenters. The molecule has 1 atom stereocenters. The Morgan fingerprint density at radius 2 is 1.74 bits per heavy atom. The van der Waals surface area contributed by atoms with E-state index in [1.807, 2.05) is 19.1 Å². The van der Waals surface area contributed by atoms with E-state index in [1.165, 1.54) is 18.2 Å². The average Bonchev–Trinajstić information content (AvgIpc) is 2.86. The molecule has 0 radical (unpaired) electrons. The third-order valence-electron chi connectivity index (χ3n) is 6.12. The zero-order chi connectivity index (χ0) is 27.8. The number of ether oxygens (including phenoxy) is 1. The quantitative estimate of drug-likeness (QED) is 0.215. The van der Waals surface area contributed by atoms with E-state index in [1.54, 1.807) is 12.1 Å².